The number of benzene rings is 2. The van der Waals surface area contributed by atoms with E-state index in [-0.39, 0.29) is 5.91 Å². The highest BCUT2D eigenvalue weighted by Crippen LogP contribution is 2.33. The van der Waals surface area contributed by atoms with Crippen LogP contribution in [0.15, 0.2) is 46.9 Å². The van der Waals surface area contributed by atoms with Gasteiger partial charge in [0.2, 0.25) is 0 Å². The maximum absolute atomic E-state index is 13.0. The van der Waals surface area contributed by atoms with Crippen molar-refractivity contribution in [3.05, 3.63) is 59.4 Å². The van der Waals surface area contributed by atoms with Crippen molar-refractivity contribution in [1.82, 2.24) is 9.80 Å². The van der Waals surface area contributed by atoms with Crippen LogP contribution in [0.25, 0.3) is 11.0 Å². The zero-order valence-corrected chi connectivity index (χ0v) is 18.5. The van der Waals surface area contributed by atoms with Gasteiger partial charge in [-0.1, -0.05) is 18.2 Å². The summed E-state index contributed by atoms with van der Waals surface area (Å²) in [5.74, 6) is 2.36. The van der Waals surface area contributed by atoms with E-state index in [0.717, 1.165) is 73.3 Å². The largest absolute Gasteiger partial charge is 0.493 e. The van der Waals surface area contributed by atoms with Crippen molar-refractivity contribution in [2.45, 2.75) is 19.3 Å². The first kappa shape index (κ1) is 21.2. The van der Waals surface area contributed by atoms with Gasteiger partial charge in [0.15, 0.2) is 11.5 Å². The third kappa shape index (κ3) is 4.69. The Morgan fingerprint density at radius 1 is 1.06 bits per heavy atom. The summed E-state index contributed by atoms with van der Waals surface area (Å²) in [5, 5.41) is 1.15. The summed E-state index contributed by atoms with van der Waals surface area (Å²) >= 11 is 0. The average Bonchev–Trinajstić information content (AvgIpc) is 3.21. The number of furan rings is 1. The van der Waals surface area contributed by atoms with Gasteiger partial charge in [-0.25, -0.2) is 0 Å². The van der Waals surface area contributed by atoms with Crippen molar-refractivity contribution < 1.29 is 18.7 Å². The fraction of sp³-hybridized carbons (Fsp3) is 0.400. The molecule has 0 fully saturated rings. The van der Waals surface area contributed by atoms with Crippen molar-refractivity contribution in [1.29, 1.82) is 0 Å². The van der Waals surface area contributed by atoms with E-state index in [1.165, 1.54) is 0 Å². The van der Waals surface area contributed by atoms with Crippen LogP contribution in [-0.2, 0) is 12.8 Å². The highest BCUT2D eigenvalue weighted by molar-refractivity contribution is 5.97. The van der Waals surface area contributed by atoms with Crippen LogP contribution in [0, 0.1) is 0 Å². The Labute approximate surface area is 183 Å². The minimum Gasteiger partial charge on any atom is -0.493 e. The summed E-state index contributed by atoms with van der Waals surface area (Å²) in [5.41, 5.74) is 2.70. The van der Waals surface area contributed by atoms with Crippen molar-refractivity contribution in [3.8, 4) is 11.5 Å². The highest BCUT2D eigenvalue weighted by Gasteiger charge is 2.26. The first-order valence-corrected chi connectivity index (χ1v) is 10.8. The van der Waals surface area contributed by atoms with Crippen LogP contribution >= 0.6 is 0 Å². The SMILES string of the molecule is COc1cc2c(cc1OC)C(=O)N(CCCN(C)CCc1cc3ccccc3o1)CC2. The maximum Gasteiger partial charge on any atom is 0.254 e. The second kappa shape index (κ2) is 9.43. The van der Waals surface area contributed by atoms with E-state index in [9.17, 15) is 4.79 Å². The van der Waals surface area contributed by atoms with Gasteiger partial charge in [0.05, 0.1) is 14.2 Å². The summed E-state index contributed by atoms with van der Waals surface area (Å²) in [6.07, 6.45) is 2.65. The molecule has 0 saturated heterocycles. The molecule has 164 valence electrons. The van der Waals surface area contributed by atoms with Crippen LogP contribution in [0.5, 0.6) is 11.5 Å². The molecule has 31 heavy (non-hydrogen) atoms. The topological polar surface area (TPSA) is 55.2 Å². The maximum atomic E-state index is 13.0. The number of nitrogens with zero attached hydrogens (tertiary/aromatic N) is 2. The van der Waals surface area contributed by atoms with Crippen molar-refractivity contribution in [2.24, 2.45) is 0 Å². The van der Waals surface area contributed by atoms with Gasteiger partial charge in [-0.15, -0.1) is 0 Å². The van der Waals surface area contributed by atoms with Gasteiger partial charge in [-0.2, -0.15) is 0 Å². The molecule has 1 aliphatic heterocycles. The molecule has 0 radical (unpaired) electrons. The molecule has 0 N–H and O–H groups in total. The number of ether oxygens (including phenoxy) is 2. The minimum atomic E-state index is 0.0760. The number of carbonyl (C=O) groups excluding carboxylic acids is 1. The van der Waals surface area contributed by atoms with Gasteiger partial charge in [-0.3, -0.25) is 4.79 Å². The lowest BCUT2D eigenvalue weighted by Crippen LogP contribution is -2.39. The summed E-state index contributed by atoms with van der Waals surface area (Å²) < 4.78 is 16.6. The first-order chi connectivity index (χ1) is 15.1. The number of fused-ring (bicyclic) bond motifs is 2. The second-order valence-electron chi connectivity index (χ2n) is 8.06. The Morgan fingerprint density at radius 3 is 2.61 bits per heavy atom. The number of rotatable bonds is 9. The summed E-state index contributed by atoms with van der Waals surface area (Å²) in [4.78, 5) is 17.2. The smallest absolute Gasteiger partial charge is 0.254 e. The van der Waals surface area contributed by atoms with Gasteiger partial charge in [0, 0.05) is 37.0 Å². The van der Waals surface area contributed by atoms with Gasteiger partial charge in [0.1, 0.15) is 11.3 Å². The van der Waals surface area contributed by atoms with E-state index < -0.39 is 0 Å². The van der Waals surface area contributed by atoms with E-state index in [2.05, 4.69) is 24.1 Å². The van der Waals surface area contributed by atoms with Gasteiger partial charge >= 0.3 is 0 Å². The van der Waals surface area contributed by atoms with Crippen LogP contribution < -0.4 is 9.47 Å². The third-order valence-electron chi connectivity index (χ3n) is 5.96. The molecule has 6 heteroatoms. The lowest BCUT2D eigenvalue weighted by molar-refractivity contribution is 0.0732. The molecule has 1 aromatic heterocycles. The van der Waals surface area contributed by atoms with E-state index in [1.54, 1.807) is 14.2 Å². The fourth-order valence-corrected chi connectivity index (χ4v) is 4.17. The molecule has 0 unspecified atom stereocenters. The fourth-order valence-electron chi connectivity index (χ4n) is 4.17. The molecule has 4 rings (SSSR count). The molecule has 0 aliphatic carbocycles. The summed E-state index contributed by atoms with van der Waals surface area (Å²) in [7, 11) is 5.33. The van der Waals surface area contributed by atoms with Crippen molar-refractivity contribution in [2.75, 3.05) is 47.4 Å². The lowest BCUT2D eigenvalue weighted by atomic mass is 9.98. The van der Waals surface area contributed by atoms with Crippen LogP contribution in [0.3, 0.4) is 0 Å². The Morgan fingerprint density at radius 2 is 1.84 bits per heavy atom. The Kier molecular flexibility index (Phi) is 6.47. The predicted molar refractivity (Wildman–Crippen MR) is 121 cm³/mol. The number of methoxy groups -OCH3 is 2. The molecule has 3 aromatic rings. The molecule has 0 saturated carbocycles. The molecular formula is C25H30N2O4. The number of likely N-dealkylation sites (N-methyl/N-ethyl adjacent to an activating group) is 1. The molecular weight excluding hydrogens is 392 g/mol. The zero-order valence-electron chi connectivity index (χ0n) is 18.5. The van der Waals surface area contributed by atoms with Crippen LogP contribution in [-0.4, -0.2) is 63.2 Å². The molecule has 6 nitrogen and oxygen atoms in total. The van der Waals surface area contributed by atoms with E-state index in [4.69, 9.17) is 13.9 Å². The molecule has 2 heterocycles. The molecule has 2 aromatic carbocycles. The average molecular weight is 423 g/mol. The Hall–Kier alpha value is -2.99. The first-order valence-electron chi connectivity index (χ1n) is 10.8. The number of carbonyl (C=O) groups is 1. The number of para-hydroxylation sites is 1. The summed E-state index contributed by atoms with van der Waals surface area (Å²) in [6.45, 7) is 3.35. The number of hydrogen-bond donors (Lipinski definition) is 0. The normalized spacial score (nSPS) is 13.7. The van der Waals surface area contributed by atoms with Gasteiger partial charge in [-0.05, 0) is 56.3 Å². The third-order valence-corrected chi connectivity index (χ3v) is 5.96. The van der Waals surface area contributed by atoms with Gasteiger partial charge in [0.25, 0.3) is 5.91 Å². The zero-order chi connectivity index (χ0) is 21.8. The lowest BCUT2D eigenvalue weighted by Gasteiger charge is -2.30. The van der Waals surface area contributed by atoms with E-state index in [1.807, 2.05) is 35.2 Å². The number of amides is 1. The molecule has 1 amide bonds. The number of hydrogen-bond acceptors (Lipinski definition) is 5. The van der Waals surface area contributed by atoms with Crippen LogP contribution in [0.1, 0.15) is 28.1 Å². The minimum absolute atomic E-state index is 0.0760. The van der Waals surface area contributed by atoms with Gasteiger partial charge < -0.3 is 23.7 Å². The van der Waals surface area contributed by atoms with Crippen LogP contribution in [0.4, 0.5) is 0 Å². The Balaban J connectivity index is 1.27. The molecule has 1 aliphatic rings. The monoisotopic (exact) mass is 422 g/mol. The quantitative estimate of drug-likeness (QED) is 0.521. The molecule has 0 spiro atoms. The standard InChI is InChI=1S/C25H30N2O4/c1-26(13-10-20-15-19-7-4-5-8-22(19)31-20)11-6-12-27-14-9-18-16-23(29-2)24(30-3)17-21(18)25(27)28/h4-5,7-8,15-17H,6,9-14H2,1-3H3. The second-order valence-corrected chi connectivity index (χ2v) is 8.06. The van der Waals surface area contributed by atoms with Crippen molar-refractivity contribution >= 4 is 16.9 Å². The predicted octanol–water partition coefficient (Wildman–Crippen LogP) is 4.01. The van der Waals surface area contributed by atoms with E-state index in [0.29, 0.717) is 11.5 Å². The summed E-state index contributed by atoms with van der Waals surface area (Å²) in [6, 6.07) is 14.0. The van der Waals surface area contributed by atoms with E-state index >= 15 is 0 Å². The molecule has 0 atom stereocenters. The van der Waals surface area contributed by atoms with Crippen LogP contribution in [0.2, 0.25) is 0 Å². The van der Waals surface area contributed by atoms with Crippen molar-refractivity contribution in [3.63, 3.8) is 0 Å². The highest BCUT2D eigenvalue weighted by atomic mass is 16.5. The Bertz CT molecular complexity index is 1030. The molecule has 0 bridgehead atoms.